The highest BCUT2D eigenvalue weighted by Crippen LogP contribution is 2.27. The Bertz CT molecular complexity index is 374. The van der Waals surface area contributed by atoms with Crippen molar-refractivity contribution in [3.63, 3.8) is 0 Å². The third-order valence-electron chi connectivity index (χ3n) is 2.82. The van der Waals surface area contributed by atoms with Crippen LogP contribution in [0.25, 0.3) is 0 Å². The Morgan fingerprint density at radius 2 is 2.38 bits per heavy atom. The molecule has 3 N–H and O–H groups in total. The average molecular weight is 243 g/mol. The Balaban J connectivity index is 2.01. The molecule has 0 bridgehead atoms. The van der Waals surface area contributed by atoms with Crippen molar-refractivity contribution in [3.05, 3.63) is 11.2 Å². The Morgan fingerprint density at radius 1 is 1.56 bits per heavy atom. The van der Waals surface area contributed by atoms with Crippen molar-refractivity contribution < 1.29 is 4.74 Å². The molecule has 0 amide bonds. The van der Waals surface area contributed by atoms with E-state index < -0.39 is 0 Å². The van der Waals surface area contributed by atoms with E-state index in [4.69, 9.17) is 22.1 Å². The predicted octanol–water partition coefficient (Wildman–Crippen LogP) is 1.69. The number of halogens is 1. The Labute approximate surface area is 99.4 Å². The van der Waals surface area contributed by atoms with Crippen LogP contribution in [0.5, 0.6) is 0 Å². The van der Waals surface area contributed by atoms with E-state index in [1.54, 1.807) is 7.11 Å². The van der Waals surface area contributed by atoms with Gasteiger partial charge in [0.05, 0.1) is 12.3 Å². The van der Waals surface area contributed by atoms with E-state index in [2.05, 4.69) is 15.3 Å². The SMILES string of the molecule is COC1CCC(Nc2nc(N)ncc2Cl)C1. The monoisotopic (exact) mass is 242 g/mol. The quantitative estimate of drug-likeness (QED) is 0.844. The van der Waals surface area contributed by atoms with Gasteiger partial charge in [-0.05, 0) is 19.3 Å². The molecule has 1 aliphatic carbocycles. The highest BCUT2D eigenvalue weighted by atomic mass is 35.5. The maximum atomic E-state index is 5.97. The topological polar surface area (TPSA) is 73.1 Å². The summed E-state index contributed by atoms with van der Waals surface area (Å²) in [5, 5.41) is 3.77. The molecule has 16 heavy (non-hydrogen) atoms. The van der Waals surface area contributed by atoms with Crippen molar-refractivity contribution in [3.8, 4) is 0 Å². The molecule has 88 valence electrons. The molecule has 1 aliphatic rings. The van der Waals surface area contributed by atoms with Crippen molar-refractivity contribution >= 4 is 23.4 Å². The number of hydrogen-bond donors (Lipinski definition) is 2. The van der Waals surface area contributed by atoms with Crippen LogP contribution < -0.4 is 11.1 Å². The number of rotatable bonds is 3. The molecule has 2 atom stereocenters. The summed E-state index contributed by atoms with van der Waals surface area (Å²) in [4.78, 5) is 7.88. The number of methoxy groups -OCH3 is 1. The largest absolute Gasteiger partial charge is 0.381 e. The van der Waals surface area contributed by atoms with Crippen molar-refractivity contribution in [2.45, 2.75) is 31.4 Å². The summed E-state index contributed by atoms with van der Waals surface area (Å²) in [5.41, 5.74) is 5.51. The second-order valence-electron chi connectivity index (χ2n) is 3.94. The summed E-state index contributed by atoms with van der Waals surface area (Å²) in [7, 11) is 1.74. The molecule has 2 rings (SSSR count). The summed E-state index contributed by atoms with van der Waals surface area (Å²) in [6, 6.07) is 0.344. The van der Waals surface area contributed by atoms with E-state index in [0.717, 1.165) is 19.3 Å². The van der Waals surface area contributed by atoms with E-state index in [1.165, 1.54) is 6.20 Å². The number of nitrogens with zero attached hydrogens (tertiary/aromatic N) is 2. The van der Waals surface area contributed by atoms with Gasteiger partial charge in [0.25, 0.3) is 0 Å². The minimum atomic E-state index is 0.230. The number of ether oxygens (including phenoxy) is 1. The van der Waals surface area contributed by atoms with E-state index in [-0.39, 0.29) is 5.95 Å². The molecule has 2 unspecified atom stereocenters. The summed E-state index contributed by atoms with van der Waals surface area (Å²) < 4.78 is 5.30. The van der Waals surface area contributed by atoms with Crippen LogP contribution in [0, 0.1) is 0 Å². The van der Waals surface area contributed by atoms with Crippen LogP contribution in [0.15, 0.2) is 6.20 Å². The minimum absolute atomic E-state index is 0.230. The maximum Gasteiger partial charge on any atom is 0.222 e. The summed E-state index contributed by atoms with van der Waals surface area (Å²) in [6.45, 7) is 0. The van der Waals surface area contributed by atoms with Crippen LogP contribution >= 0.6 is 11.6 Å². The Hall–Kier alpha value is -1.07. The van der Waals surface area contributed by atoms with Gasteiger partial charge >= 0.3 is 0 Å². The first-order chi connectivity index (χ1) is 7.69. The molecule has 0 spiro atoms. The van der Waals surface area contributed by atoms with Crippen LogP contribution in [0.4, 0.5) is 11.8 Å². The zero-order valence-electron chi connectivity index (χ0n) is 9.11. The number of aromatic nitrogens is 2. The fourth-order valence-electron chi connectivity index (χ4n) is 1.96. The lowest BCUT2D eigenvalue weighted by molar-refractivity contribution is 0.108. The average Bonchev–Trinajstić information content (AvgIpc) is 2.71. The normalized spacial score (nSPS) is 24.6. The van der Waals surface area contributed by atoms with Gasteiger partial charge < -0.3 is 15.8 Å². The number of nitrogen functional groups attached to an aromatic ring is 1. The summed E-state index contributed by atoms with van der Waals surface area (Å²) in [5.74, 6) is 0.837. The lowest BCUT2D eigenvalue weighted by Crippen LogP contribution is -2.18. The molecular weight excluding hydrogens is 228 g/mol. The van der Waals surface area contributed by atoms with E-state index in [0.29, 0.717) is 23.0 Å². The van der Waals surface area contributed by atoms with Crippen LogP contribution in [0.1, 0.15) is 19.3 Å². The van der Waals surface area contributed by atoms with E-state index >= 15 is 0 Å². The third kappa shape index (κ3) is 2.54. The fourth-order valence-corrected chi connectivity index (χ4v) is 2.11. The third-order valence-corrected chi connectivity index (χ3v) is 3.10. The van der Waals surface area contributed by atoms with Crippen LogP contribution in [-0.2, 0) is 4.74 Å². The molecule has 1 saturated carbocycles. The van der Waals surface area contributed by atoms with Gasteiger partial charge in [-0.1, -0.05) is 11.6 Å². The number of hydrogen-bond acceptors (Lipinski definition) is 5. The molecule has 0 radical (unpaired) electrons. The molecule has 1 aromatic rings. The van der Waals surface area contributed by atoms with Gasteiger partial charge in [-0.2, -0.15) is 4.98 Å². The van der Waals surface area contributed by atoms with Crippen molar-refractivity contribution in [2.24, 2.45) is 0 Å². The van der Waals surface area contributed by atoms with Crippen LogP contribution in [-0.4, -0.2) is 29.2 Å². The zero-order valence-corrected chi connectivity index (χ0v) is 9.87. The summed E-state index contributed by atoms with van der Waals surface area (Å²) >= 11 is 5.97. The second kappa shape index (κ2) is 4.84. The molecule has 5 nitrogen and oxygen atoms in total. The molecule has 6 heteroatoms. The van der Waals surface area contributed by atoms with Crippen molar-refractivity contribution in [2.75, 3.05) is 18.2 Å². The van der Waals surface area contributed by atoms with Gasteiger partial charge in [0, 0.05) is 13.2 Å². The van der Waals surface area contributed by atoms with Crippen molar-refractivity contribution in [1.29, 1.82) is 0 Å². The fraction of sp³-hybridized carbons (Fsp3) is 0.600. The minimum Gasteiger partial charge on any atom is -0.381 e. The Kier molecular flexibility index (Phi) is 3.46. The number of anilines is 2. The van der Waals surface area contributed by atoms with E-state index in [9.17, 15) is 0 Å². The van der Waals surface area contributed by atoms with Crippen molar-refractivity contribution in [1.82, 2.24) is 9.97 Å². The molecule has 0 aliphatic heterocycles. The lowest BCUT2D eigenvalue weighted by atomic mass is 10.2. The predicted molar refractivity (Wildman–Crippen MR) is 63.5 cm³/mol. The molecule has 1 fully saturated rings. The Morgan fingerprint density at radius 3 is 3.06 bits per heavy atom. The van der Waals surface area contributed by atoms with Gasteiger partial charge in [0.2, 0.25) is 5.95 Å². The molecule has 0 aromatic carbocycles. The molecule has 1 aromatic heterocycles. The first kappa shape index (κ1) is 11.4. The van der Waals surface area contributed by atoms with Crippen LogP contribution in [0.2, 0.25) is 5.02 Å². The first-order valence-electron chi connectivity index (χ1n) is 5.26. The number of nitrogens with two attached hydrogens (primary N) is 1. The van der Waals surface area contributed by atoms with Gasteiger partial charge in [-0.3, -0.25) is 0 Å². The standard InChI is InChI=1S/C10H15ClN4O/c1-16-7-3-2-6(4-7)14-9-8(11)5-13-10(12)15-9/h5-7H,2-4H2,1H3,(H3,12,13,14,15). The highest BCUT2D eigenvalue weighted by Gasteiger charge is 2.25. The van der Waals surface area contributed by atoms with Crippen LogP contribution in [0.3, 0.4) is 0 Å². The smallest absolute Gasteiger partial charge is 0.222 e. The molecule has 1 heterocycles. The number of nitrogens with one attached hydrogen (secondary N) is 1. The van der Waals surface area contributed by atoms with E-state index in [1.807, 2.05) is 0 Å². The first-order valence-corrected chi connectivity index (χ1v) is 5.64. The highest BCUT2D eigenvalue weighted by molar-refractivity contribution is 6.32. The zero-order chi connectivity index (χ0) is 11.5. The second-order valence-corrected chi connectivity index (χ2v) is 4.34. The molecular formula is C10H15ClN4O. The molecule has 0 saturated heterocycles. The van der Waals surface area contributed by atoms with Gasteiger partial charge in [-0.25, -0.2) is 4.98 Å². The maximum absolute atomic E-state index is 5.97. The van der Waals surface area contributed by atoms with Gasteiger partial charge in [-0.15, -0.1) is 0 Å². The summed E-state index contributed by atoms with van der Waals surface area (Å²) in [6.07, 6.45) is 4.92. The van der Waals surface area contributed by atoms with Gasteiger partial charge in [0.15, 0.2) is 5.82 Å². The lowest BCUT2D eigenvalue weighted by Gasteiger charge is -2.14. The van der Waals surface area contributed by atoms with Gasteiger partial charge in [0.1, 0.15) is 5.02 Å².